The summed E-state index contributed by atoms with van der Waals surface area (Å²) >= 11 is 5.84. The summed E-state index contributed by atoms with van der Waals surface area (Å²) in [6.45, 7) is 4.62. The molecule has 1 N–H and O–H groups in total. The topological polar surface area (TPSA) is 32.3 Å². The average Bonchev–Trinajstić information content (AvgIpc) is 2.30. The first-order chi connectivity index (χ1) is 8.97. The van der Waals surface area contributed by atoms with Gasteiger partial charge in [0, 0.05) is 23.3 Å². The molecule has 1 saturated heterocycles. The first-order valence-corrected chi connectivity index (χ1v) is 6.88. The summed E-state index contributed by atoms with van der Waals surface area (Å²) in [6, 6.07) is 4.26. The minimum Gasteiger partial charge on any atom is -0.311 e. The number of nitrogens with zero attached hydrogens (tertiary/aromatic N) is 1. The summed E-state index contributed by atoms with van der Waals surface area (Å²) in [6.07, 6.45) is 1.71. The Bertz CT molecular complexity index is 458. The molecule has 1 atom stereocenters. The van der Waals surface area contributed by atoms with Crippen LogP contribution in [0, 0.1) is 5.82 Å². The van der Waals surface area contributed by atoms with Gasteiger partial charge >= 0.3 is 0 Å². The Labute approximate surface area is 117 Å². The zero-order valence-electron chi connectivity index (χ0n) is 11.1. The number of amides is 1. The van der Waals surface area contributed by atoms with Gasteiger partial charge in [-0.05, 0) is 31.0 Å². The molecule has 5 heteroatoms. The Morgan fingerprint density at radius 2 is 2.16 bits per heavy atom. The van der Waals surface area contributed by atoms with Gasteiger partial charge in [-0.3, -0.25) is 4.79 Å². The van der Waals surface area contributed by atoms with Gasteiger partial charge in [0.1, 0.15) is 5.82 Å². The van der Waals surface area contributed by atoms with Gasteiger partial charge in [-0.2, -0.15) is 0 Å². The third-order valence-corrected chi connectivity index (χ3v) is 3.35. The molecule has 0 radical (unpaired) electrons. The van der Waals surface area contributed by atoms with Gasteiger partial charge in [-0.25, -0.2) is 4.39 Å². The van der Waals surface area contributed by atoms with Crippen molar-refractivity contribution in [2.24, 2.45) is 0 Å². The van der Waals surface area contributed by atoms with Crippen molar-refractivity contribution in [2.75, 3.05) is 11.4 Å². The quantitative estimate of drug-likeness (QED) is 0.925. The van der Waals surface area contributed by atoms with Gasteiger partial charge in [-0.15, -0.1) is 0 Å². The van der Waals surface area contributed by atoms with Gasteiger partial charge in [-0.1, -0.05) is 25.4 Å². The molecule has 104 valence electrons. The predicted octanol–water partition coefficient (Wildman–Crippen LogP) is 2.97. The standard InChI is InChI=1S/C14H18ClFN2O/c1-9(2)17-13-4-3-5-18(14(13)19)12-7-10(15)6-11(16)8-12/h6-9,13,17H,3-5H2,1-2H3. The van der Waals surface area contributed by atoms with Crippen molar-refractivity contribution in [2.45, 2.75) is 38.8 Å². The van der Waals surface area contributed by atoms with Crippen molar-refractivity contribution in [1.82, 2.24) is 5.32 Å². The molecule has 0 aliphatic carbocycles. The molecule has 1 aromatic carbocycles. The lowest BCUT2D eigenvalue weighted by Gasteiger charge is -2.33. The van der Waals surface area contributed by atoms with Gasteiger partial charge in [0.15, 0.2) is 0 Å². The molecular formula is C14H18ClFN2O. The highest BCUT2D eigenvalue weighted by atomic mass is 35.5. The fourth-order valence-electron chi connectivity index (χ4n) is 2.38. The number of hydrogen-bond donors (Lipinski definition) is 1. The molecule has 0 aromatic heterocycles. The molecule has 19 heavy (non-hydrogen) atoms. The highest BCUT2D eigenvalue weighted by Gasteiger charge is 2.30. The monoisotopic (exact) mass is 284 g/mol. The fraction of sp³-hybridized carbons (Fsp3) is 0.500. The van der Waals surface area contributed by atoms with E-state index < -0.39 is 5.82 Å². The van der Waals surface area contributed by atoms with Crippen LogP contribution in [-0.4, -0.2) is 24.5 Å². The van der Waals surface area contributed by atoms with Crippen LogP contribution in [-0.2, 0) is 4.79 Å². The van der Waals surface area contributed by atoms with E-state index in [9.17, 15) is 9.18 Å². The van der Waals surface area contributed by atoms with E-state index in [1.807, 2.05) is 13.8 Å². The molecule has 0 spiro atoms. The van der Waals surface area contributed by atoms with Gasteiger partial charge < -0.3 is 10.2 Å². The average molecular weight is 285 g/mol. The lowest BCUT2D eigenvalue weighted by atomic mass is 10.0. The molecular weight excluding hydrogens is 267 g/mol. The summed E-state index contributed by atoms with van der Waals surface area (Å²) in [7, 11) is 0. The van der Waals surface area contributed by atoms with Gasteiger partial charge in [0.2, 0.25) is 5.91 Å². The van der Waals surface area contributed by atoms with Crippen LogP contribution in [0.2, 0.25) is 5.02 Å². The second-order valence-corrected chi connectivity index (χ2v) is 5.57. The van der Waals surface area contributed by atoms with E-state index in [0.29, 0.717) is 17.3 Å². The number of carbonyl (C=O) groups excluding carboxylic acids is 1. The summed E-state index contributed by atoms with van der Waals surface area (Å²) < 4.78 is 13.4. The van der Waals surface area contributed by atoms with Crippen LogP contribution in [0.25, 0.3) is 0 Å². The Hall–Kier alpha value is -1.13. The predicted molar refractivity (Wildman–Crippen MR) is 75.1 cm³/mol. The number of anilines is 1. The second-order valence-electron chi connectivity index (χ2n) is 5.13. The lowest BCUT2D eigenvalue weighted by molar-refractivity contribution is -0.121. The number of piperidine rings is 1. The van der Waals surface area contributed by atoms with Crippen molar-refractivity contribution in [3.05, 3.63) is 29.0 Å². The molecule has 2 rings (SSSR count). The second kappa shape index (κ2) is 5.88. The number of benzene rings is 1. The highest BCUT2D eigenvalue weighted by Crippen LogP contribution is 2.25. The fourth-order valence-corrected chi connectivity index (χ4v) is 2.60. The third kappa shape index (κ3) is 3.45. The van der Waals surface area contributed by atoms with Crippen LogP contribution in [0.1, 0.15) is 26.7 Å². The maximum atomic E-state index is 13.4. The normalized spacial score (nSPS) is 20.2. The first-order valence-electron chi connectivity index (χ1n) is 6.51. The number of nitrogens with one attached hydrogen (secondary N) is 1. The number of halogens is 2. The van der Waals surface area contributed by atoms with Crippen LogP contribution in [0.3, 0.4) is 0 Å². The maximum Gasteiger partial charge on any atom is 0.244 e. The molecule has 1 fully saturated rings. The van der Waals surface area contributed by atoms with Gasteiger partial charge in [0.25, 0.3) is 0 Å². The van der Waals surface area contributed by atoms with Gasteiger partial charge in [0.05, 0.1) is 6.04 Å². The van der Waals surface area contributed by atoms with Crippen molar-refractivity contribution < 1.29 is 9.18 Å². The Morgan fingerprint density at radius 1 is 1.42 bits per heavy atom. The molecule has 1 aliphatic heterocycles. The van der Waals surface area contributed by atoms with E-state index in [2.05, 4.69) is 5.32 Å². The summed E-state index contributed by atoms with van der Waals surface area (Å²) in [5, 5.41) is 3.55. The molecule has 1 aromatic rings. The van der Waals surface area contributed by atoms with Crippen molar-refractivity contribution >= 4 is 23.2 Å². The Balaban J connectivity index is 2.21. The zero-order chi connectivity index (χ0) is 14.0. The molecule has 0 bridgehead atoms. The summed E-state index contributed by atoms with van der Waals surface area (Å²) in [5.41, 5.74) is 0.533. The lowest BCUT2D eigenvalue weighted by Crippen LogP contribution is -2.52. The minimum absolute atomic E-state index is 0.0124. The molecule has 1 unspecified atom stereocenters. The Kier molecular flexibility index (Phi) is 4.42. The molecule has 3 nitrogen and oxygen atoms in total. The minimum atomic E-state index is -0.422. The highest BCUT2D eigenvalue weighted by molar-refractivity contribution is 6.31. The van der Waals surface area contributed by atoms with Crippen LogP contribution in [0.15, 0.2) is 18.2 Å². The van der Waals surface area contributed by atoms with Crippen LogP contribution >= 0.6 is 11.6 Å². The van der Waals surface area contributed by atoms with E-state index in [1.165, 1.54) is 12.1 Å². The van der Waals surface area contributed by atoms with Crippen LogP contribution < -0.4 is 10.2 Å². The molecule has 1 aliphatic rings. The van der Waals surface area contributed by atoms with E-state index in [1.54, 1.807) is 11.0 Å². The molecule has 1 heterocycles. The molecule has 0 saturated carbocycles. The van der Waals surface area contributed by atoms with Crippen LogP contribution in [0.4, 0.5) is 10.1 Å². The summed E-state index contributed by atoms with van der Waals surface area (Å²) in [4.78, 5) is 14.0. The van der Waals surface area contributed by atoms with E-state index in [4.69, 9.17) is 11.6 Å². The SMILES string of the molecule is CC(C)NC1CCCN(c2cc(F)cc(Cl)c2)C1=O. The number of carbonyl (C=O) groups is 1. The first kappa shape index (κ1) is 14.3. The van der Waals surface area contributed by atoms with E-state index in [0.717, 1.165) is 12.8 Å². The van der Waals surface area contributed by atoms with Crippen molar-refractivity contribution in [1.29, 1.82) is 0 Å². The largest absolute Gasteiger partial charge is 0.311 e. The van der Waals surface area contributed by atoms with Crippen LogP contribution in [0.5, 0.6) is 0 Å². The third-order valence-electron chi connectivity index (χ3n) is 3.13. The number of rotatable bonds is 3. The van der Waals surface area contributed by atoms with Crippen molar-refractivity contribution in [3.63, 3.8) is 0 Å². The maximum absolute atomic E-state index is 13.4. The number of hydrogen-bond acceptors (Lipinski definition) is 2. The van der Waals surface area contributed by atoms with E-state index >= 15 is 0 Å². The summed E-state index contributed by atoms with van der Waals surface area (Å²) in [5.74, 6) is -0.434. The van der Waals surface area contributed by atoms with E-state index in [-0.39, 0.29) is 18.0 Å². The zero-order valence-corrected chi connectivity index (χ0v) is 11.9. The smallest absolute Gasteiger partial charge is 0.244 e. The Morgan fingerprint density at radius 3 is 2.79 bits per heavy atom. The van der Waals surface area contributed by atoms with Crippen molar-refractivity contribution in [3.8, 4) is 0 Å². The molecule has 1 amide bonds.